The highest BCUT2D eigenvalue weighted by Gasteiger charge is 2.14. The summed E-state index contributed by atoms with van der Waals surface area (Å²) in [6.07, 6.45) is 4.09. The van der Waals surface area contributed by atoms with E-state index in [0.29, 0.717) is 12.3 Å². The van der Waals surface area contributed by atoms with Crippen LogP contribution < -0.4 is 0 Å². The number of halogens is 3. The lowest BCUT2D eigenvalue weighted by Crippen LogP contribution is -2.04. The molecule has 0 aliphatic heterocycles. The van der Waals surface area contributed by atoms with Crippen LogP contribution in [-0.2, 0) is 6.42 Å². The fourth-order valence-corrected chi connectivity index (χ4v) is 3.05. The molecule has 0 atom stereocenters. The number of aryl methyl sites for hydroxylation is 1. The fourth-order valence-electron chi connectivity index (χ4n) is 2.17. The summed E-state index contributed by atoms with van der Waals surface area (Å²) in [5.74, 6) is 1.09. The molecule has 3 rings (SSSR count). The third-order valence-corrected chi connectivity index (χ3v) is 4.05. The first-order chi connectivity index (χ1) is 9.70. The van der Waals surface area contributed by atoms with Crippen LogP contribution in [0.2, 0.25) is 0 Å². The average molecular weight is 402 g/mol. The van der Waals surface area contributed by atoms with Crippen molar-refractivity contribution in [3.63, 3.8) is 0 Å². The lowest BCUT2D eigenvalue weighted by molar-refractivity contribution is 0.626. The standard InChI is InChI=1S/C14H10ClFIN3/c15-5-3-14-19-11-8-18-6-4-13(11)20(14)12-2-1-9(16)7-10(12)17/h1-2,4,6-8H,3,5H2. The van der Waals surface area contributed by atoms with Gasteiger partial charge in [0.15, 0.2) is 0 Å². The lowest BCUT2D eigenvalue weighted by Gasteiger charge is -2.10. The molecular formula is C14H10ClFIN3. The Labute approximate surface area is 133 Å². The molecule has 0 aliphatic rings. The number of alkyl halides is 1. The molecule has 6 heteroatoms. The van der Waals surface area contributed by atoms with Crippen LogP contribution >= 0.6 is 34.2 Å². The lowest BCUT2D eigenvalue weighted by atomic mass is 10.3. The Morgan fingerprint density at radius 3 is 2.90 bits per heavy atom. The van der Waals surface area contributed by atoms with E-state index in [0.717, 1.165) is 26.1 Å². The summed E-state index contributed by atoms with van der Waals surface area (Å²) < 4.78 is 16.1. The summed E-state index contributed by atoms with van der Waals surface area (Å²) in [6.45, 7) is 0. The Morgan fingerprint density at radius 2 is 2.15 bits per heavy atom. The summed E-state index contributed by atoms with van der Waals surface area (Å²) in [4.78, 5) is 8.65. The van der Waals surface area contributed by atoms with Gasteiger partial charge in [-0.2, -0.15) is 0 Å². The minimum Gasteiger partial charge on any atom is -0.295 e. The molecule has 1 aromatic carbocycles. The first kappa shape index (κ1) is 13.8. The number of aromatic nitrogens is 3. The SMILES string of the molecule is Fc1ccc(-n2c(CCCl)nc3cnccc32)c(I)c1. The largest absolute Gasteiger partial charge is 0.295 e. The number of pyridine rings is 1. The Hall–Kier alpha value is -1.21. The minimum atomic E-state index is -0.247. The summed E-state index contributed by atoms with van der Waals surface area (Å²) in [6, 6.07) is 6.62. The molecule has 0 radical (unpaired) electrons. The van der Waals surface area contributed by atoms with Crippen molar-refractivity contribution >= 4 is 45.2 Å². The van der Waals surface area contributed by atoms with Crippen molar-refractivity contribution in [2.75, 3.05) is 5.88 Å². The van der Waals surface area contributed by atoms with Crippen LogP contribution in [-0.4, -0.2) is 20.4 Å². The number of nitrogens with zero attached hydrogens (tertiary/aromatic N) is 3. The van der Waals surface area contributed by atoms with Gasteiger partial charge in [0.05, 0.1) is 17.4 Å². The molecule has 0 aliphatic carbocycles. The Balaban J connectivity index is 2.30. The third-order valence-electron chi connectivity index (χ3n) is 2.99. The number of rotatable bonds is 3. The second kappa shape index (κ2) is 5.65. The van der Waals surface area contributed by atoms with Gasteiger partial charge in [-0.1, -0.05) is 0 Å². The molecule has 0 unspecified atom stereocenters. The number of hydrogen-bond acceptors (Lipinski definition) is 2. The molecule has 0 spiro atoms. The van der Waals surface area contributed by atoms with E-state index in [4.69, 9.17) is 11.6 Å². The molecule has 0 bridgehead atoms. The van der Waals surface area contributed by atoms with Gasteiger partial charge in [0.2, 0.25) is 0 Å². The summed E-state index contributed by atoms with van der Waals surface area (Å²) in [7, 11) is 0. The second-order valence-corrected chi connectivity index (χ2v) is 5.80. The van der Waals surface area contributed by atoms with Gasteiger partial charge in [0.1, 0.15) is 17.2 Å². The van der Waals surface area contributed by atoms with Crippen LogP contribution in [0.1, 0.15) is 5.82 Å². The minimum absolute atomic E-state index is 0.247. The van der Waals surface area contributed by atoms with Gasteiger partial charge in [-0.25, -0.2) is 9.37 Å². The van der Waals surface area contributed by atoms with E-state index < -0.39 is 0 Å². The van der Waals surface area contributed by atoms with E-state index in [9.17, 15) is 4.39 Å². The predicted molar refractivity (Wildman–Crippen MR) is 86.0 cm³/mol. The molecule has 3 aromatic rings. The average Bonchev–Trinajstić information content (AvgIpc) is 2.78. The monoisotopic (exact) mass is 401 g/mol. The normalized spacial score (nSPS) is 11.2. The third kappa shape index (κ3) is 2.40. The molecular weight excluding hydrogens is 392 g/mol. The van der Waals surface area contributed by atoms with E-state index in [1.54, 1.807) is 18.5 Å². The van der Waals surface area contributed by atoms with Gasteiger partial charge < -0.3 is 0 Å². The molecule has 0 fully saturated rings. The van der Waals surface area contributed by atoms with Crippen LogP contribution in [0.15, 0.2) is 36.7 Å². The van der Waals surface area contributed by atoms with Crippen molar-refractivity contribution in [2.24, 2.45) is 0 Å². The number of hydrogen-bond donors (Lipinski definition) is 0. The van der Waals surface area contributed by atoms with E-state index in [1.165, 1.54) is 12.1 Å². The van der Waals surface area contributed by atoms with Crippen molar-refractivity contribution < 1.29 is 4.39 Å². The van der Waals surface area contributed by atoms with Gasteiger partial charge in [0.25, 0.3) is 0 Å². The van der Waals surface area contributed by atoms with Crippen molar-refractivity contribution in [3.8, 4) is 5.69 Å². The molecule has 2 heterocycles. The van der Waals surface area contributed by atoms with Gasteiger partial charge in [-0.15, -0.1) is 11.6 Å². The van der Waals surface area contributed by atoms with Gasteiger partial charge in [0, 0.05) is 22.1 Å². The molecule has 0 N–H and O–H groups in total. The zero-order valence-corrected chi connectivity index (χ0v) is 13.3. The Kier molecular flexibility index (Phi) is 3.89. The maximum Gasteiger partial charge on any atom is 0.124 e. The number of benzene rings is 1. The fraction of sp³-hybridized carbons (Fsp3) is 0.143. The van der Waals surface area contributed by atoms with Crippen molar-refractivity contribution in [3.05, 3.63) is 51.9 Å². The van der Waals surface area contributed by atoms with Crippen LogP contribution in [0.3, 0.4) is 0 Å². The van der Waals surface area contributed by atoms with Crippen LogP contribution in [0.5, 0.6) is 0 Å². The van der Waals surface area contributed by atoms with E-state index in [2.05, 4.69) is 32.6 Å². The second-order valence-electron chi connectivity index (χ2n) is 4.26. The zero-order valence-electron chi connectivity index (χ0n) is 10.4. The molecule has 102 valence electrons. The topological polar surface area (TPSA) is 30.7 Å². The molecule has 0 amide bonds. The van der Waals surface area contributed by atoms with Crippen LogP contribution in [0, 0.1) is 9.39 Å². The van der Waals surface area contributed by atoms with Gasteiger partial charge in [-0.05, 0) is 46.9 Å². The van der Waals surface area contributed by atoms with Crippen LogP contribution in [0.4, 0.5) is 4.39 Å². The van der Waals surface area contributed by atoms with E-state index in [-0.39, 0.29) is 5.82 Å². The van der Waals surface area contributed by atoms with Crippen molar-refractivity contribution in [1.82, 2.24) is 14.5 Å². The highest BCUT2D eigenvalue weighted by molar-refractivity contribution is 14.1. The van der Waals surface area contributed by atoms with Crippen molar-refractivity contribution in [2.45, 2.75) is 6.42 Å². The molecule has 3 nitrogen and oxygen atoms in total. The first-order valence-corrected chi connectivity index (χ1v) is 7.65. The highest BCUT2D eigenvalue weighted by Crippen LogP contribution is 2.25. The number of imidazole rings is 1. The molecule has 0 saturated carbocycles. The smallest absolute Gasteiger partial charge is 0.124 e. The maximum absolute atomic E-state index is 13.3. The molecule has 2 aromatic heterocycles. The number of fused-ring (bicyclic) bond motifs is 1. The summed E-state index contributed by atoms with van der Waals surface area (Å²) in [5.41, 5.74) is 2.66. The summed E-state index contributed by atoms with van der Waals surface area (Å²) >= 11 is 7.98. The highest BCUT2D eigenvalue weighted by atomic mass is 127. The quantitative estimate of drug-likeness (QED) is 0.491. The zero-order chi connectivity index (χ0) is 14.1. The van der Waals surface area contributed by atoms with Gasteiger partial charge >= 0.3 is 0 Å². The molecule has 20 heavy (non-hydrogen) atoms. The Morgan fingerprint density at radius 1 is 1.30 bits per heavy atom. The maximum atomic E-state index is 13.3. The van der Waals surface area contributed by atoms with Crippen LogP contribution in [0.25, 0.3) is 16.7 Å². The predicted octanol–water partition coefficient (Wildman–Crippen LogP) is 3.95. The van der Waals surface area contributed by atoms with E-state index in [1.807, 2.05) is 10.6 Å². The van der Waals surface area contributed by atoms with Gasteiger partial charge in [-0.3, -0.25) is 9.55 Å². The first-order valence-electron chi connectivity index (χ1n) is 6.03. The van der Waals surface area contributed by atoms with Crippen molar-refractivity contribution in [1.29, 1.82) is 0 Å². The Bertz CT molecular complexity index is 772. The molecule has 0 saturated heterocycles. The summed E-state index contributed by atoms with van der Waals surface area (Å²) in [5, 5.41) is 0. The van der Waals surface area contributed by atoms with E-state index >= 15 is 0 Å².